The van der Waals surface area contributed by atoms with Crippen LogP contribution in [0.1, 0.15) is 34.5 Å². The van der Waals surface area contributed by atoms with Crippen molar-refractivity contribution < 1.29 is 27.4 Å². The van der Waals surface area contributed by atoms with Crippen LogP contribution >= 0.6 is 0 Å². The first-order valence-corrected chi connectivity index (χ1v) is 15.4. The molecule has 1 aromatic heterocycles. The normalized spacial score (nSPS) is 21.1. The van der Waals surface area contributed by atoms with E-state index in [-0.39, 0.29) is 27.9 Å². The van der Waals surface area contributed by atoms with E-state index >= 15 is 0 Å². The molecule has 3 fully saturated rings. The summed E-state index contributed by atoms with van der Waals surface area (Å²) in [5.41, 5.74) is 3.26. The third-order valence-corrected chi connectivity index (χ3v) is 10.0. The Hall–Kier alpha value is -3.25. The molecule has 0 bridgehead atoms. The number of fused-ring (bicyclic) bond motifs is 3. The molecule has 0 unspecified atom stereocenters. The van der Waals surface area contributed by atoms with Crippen molar-refractivity contribution in [3.63, 3.8) is 0 Å². The van der Waals surface area contributed by atoms with Gasteiger partial charge in [-0.2, -0.15) is 5.10 Å². The predicted molar refractivity (Wildman–Crippen MR) is 146 cm³/mol. The third-order valence-electron chi connectivity index (χ3n) is 8.33. The average Bonchev–Trinajstić information content (AvgIpc) is 3.61. The highest BCUT2D eigenvalue weighted by Gasteiger charge is 2.49. The number of carbonyl (C=O) groups excluding carboxylic acids is 1. The zero-order chi connectivity index (χ0) is 27.5. The van der Waals surface area contributed by atoms with Gasteiger partial charge in [-0.15, -0.1) is 0 Å². The van der Waals surface area contributed by atoms with E-state index in [9.17, 15) is 13.2 Å². The van der Waals surface area contributed by atoms with Gasteiger partial charge in [-0.25, -0.2) is 13.1 Å². The Morgan fingerprint density at radius 2 is 1.82 bits per heavy atom. The molecule has 1 saturated carbocycles. The number of hydrogen-bond acceptors (Lipinski definition) is 8. The summed E-state index contributed by atoms with van der Waals surface area (Å²) in [6.07, 6.45) is 1.86. The molecule has 10 nitrogen and oxygen atoms in total. The fourth-order valence-electron chi connectivity index (χ4n) is 6.01. The number of carbonyl (C=O) groups is 1. The van der Waals surface area contributed by atoms with E-state index < -0.39 is 9.84 Å². The largest absolute Gasteiger partial charge is 0.496 e. The number of hydrogen-bond donors (Lipinski definition) is 0. The van der Waals surface area contributed by atoms with Crippen molar-refractivity contribution >= 4 is 15.7 Å². The van der Waals surface area contributed by atoms with E-state index in [1.807, 2.05) is 12.1 Å². The monoisotopic (exact) mass is 564 g/mol. The highest BCUT2D eigenvalue weighted by molar-refractivity contribution is 7.91. The minimum atomic E-state index is -3.72. The minimum absolute atomic E-state index is 0.172. The van der Waals surface area contributed by atoms with E-state index in [1.165, 1.54) is 7.11 Å². The number of sulfone groups is 1. The standard InChI is InChI=1S/C29H32N4O6S/c1-37-23-3-2-4-24-25(23)27-22(18-40(24,35)36)26(28(34)32-13-16-39-29(19-32)9-10-29)30-33(27)21-7-5-20(6-8-21)17-31-11-14-38-15-12-31/h2-8H,9-19H2,1H3. The van der Waals surface area contributed by atoms with Gasteiger partial charge in [0.25, 0.3) is 5.91 Å². The summed E-state index contributed by atoms with van der Waals surface area (Å²) < 4.78 is 45.7. The molecule has 0 atom stereocenters. The molecule has 1 spiro atoms. The maximum atomic E-state index is 13.9. The number of rotatable bonds is 5. The Morgan fingerprint density at radius 1 is 1.05 bits per heavy atom. The second-order valence-electron chi connectivity index (χ2n) is 11.0. The van der Waals surface area contributed by atoms with Crippen LogP contribution in [0, 0.1) is 0 Å². The first kappa shape index (κ1) is 25.7. The predicted octanol–water partition coefficient (Wildman–Crippen LogP) is 2.67. The smallest absolute Gasteiger partial charge is 0.274 e. The summed E-state index contributed by atoms with van der Waals surface area (Å²) in [7, 11) is -2.20. The first-order chi connectivity index (χ1) is 19.4. The van der Waals surface area contributed by atoms with Crippen molar-refractivity contribution in [3.8, 4) is 22.7 Å². The first-order valence-electron chi connectivity index (χ1n) is 13.7. The lowest BCUT2D eigenvalue weighted by molar-refractivity contribution is -0.0377. The second kappa shape index (κ2) is 9.69. The van der Waals surface area contributed by atoms with Gasteiger partial charge in [0.15, 0.2) is 15.5 Å². The van der Waals surface area contributed by atoms with Crippen LogP contribution in [0.2, 0.25) is 0 Å². The maximum absolute atomic E-state index is 13.9. The molecule has 0 radical (unpaired) electrons. The van der Waals surface area contributed by atoms with Gasteiger partial charge in [0.2, 0.25) is 0 Å². The molecule has 210 valence electrons. The molecule has 3 aromatic rings. The van der Waals surface area contributed by atoms with Gasteiger partial charge in [0, 0.05) is 31.7 Å². The van der Waals surface area contributed by atoms with Gasteiger partial charge in [0.05, 0.1) is 66.7 Å². The Labute approximate surface area is 233 Å². The molecular weight excluding hydrogens is 532 g/mol. The van der Waals surface area contributed by atoms with Crippen molar-refractivity contribution in [1.29, 1.82) is 0 Å². The molecular formula is C29H32N4O6S. The number of amides is 1. The molecule has 4 heterocycles. The molecule has 2 saturated heterocycles. The minimum Gasteiger partial charge on any atom is -0.496 e. The Kier molecular flexibility index (Phi) is 6.23. The van der Waals surface area contributed by atoms with Crippen LogP contribution in [0.4, 0.5) is 0 Å². The second-order valence-corrected chi connectivity index (χ2v) is 13.0. The molecule has 2 aromatic carbocycles. The lowest BCUT2D eigenvalue weighted by Crippen LogP contribution is -2.47. The fourth-order valence-corrected chi connectivity index (χ4v) is 7.62. The van der Waals surface area contributed by atoms with Gasteiger partial charge in [0.1, 0.15) is 5.75 Å². The average molecular weight is 565 g/mol. The summed E-state index contributed by atoms with van der Waals surface area (Å²) in [5.74, 6) is -0.134. The lowest BCUT2D eigenvalue weighted by atomic mass is 10.0. The van der Waals surface area contributed by atoms with Crippen LogP contribution in [0.3, 0.4) is 0 Å². The summed E-state index contributed by atoms with van der Waals surface area (Å²) in [4.78, 5) is 18.2. The molecule has 1 amide bonds. The summed E-state index contributed by atoms with van der Waals surface area (Å²) in [6, 6.07) is 13.1. The topological polar surface area (TPSA) is 103 Å². The van der Waals surface area contributed by atoms with Crippen molar-refractivity contribution in [2.75, 3.05) is 53.1 Å². The number of aromatic nitrogens is 2. The molecule has 1 aliphatic carbocycles. The zero-order valence-corrected chi connectivity index (χ0v) is 23.3. The summed E-state index contributed by atoms with van der Waals surface area (Å²) in [5, 5.41) is 4.83. The van der Waals surface area contributed by atoms with E-state index in [0.717, 1.165) is 56.9 Å². The van der Waals surface area contributed by atoms with E-state index in [4.69, 9.17) is 19.3 Å². The maximum Gasteiger partial charge on any atom is 0.274 e. The SMILES string of the molecule is COc1cccc2c1-c1c(c(C(=O)N3CCOC4(CC4)C3)nn1-c1ccc(CN3CCOCC3)cc1)CS2(=O)=O. The van der Waals surface area contributed by atoms with Gasteiger partial charge in [-0.1, -0.05) is 18.2 Å². The van der Waals surface area contributed by atoms with E-state index in [1.54, 1.807) is 27.8 Å². The number of morpholine rings is 2. The van der Waals surface area contributed by atoms with Crippen LogP contribution in [-0.2, 0) is 31.6 Å². The Balaban J connectivity index is 1.33. The molecule has 11 heteroatoms. The molecule has 7 rings (SSSR count). The van der Waals surface area contributed by atoms with E-state index in [2.05, 4.69) is 17.0 Å². The van der Waals surface area contributed by atoms with Crippen molar-refractivity contribution in [3.05, 3.63) is 59.3 Å². The van der Waals surface area contributed by atoms with Gasteiger partial charge in [-0.3, -0.25) is 9.69 Å². The van der Waals surface area contributed by atoms with Crippen LogP contribution < -0.4 is 4.74 Å². The number of methoxy groups -OCH3 is 1. The van der Waals surface area contributed by atoms with Crippen LogP contribution in [0.5, 0.6) is 5.75 Å². The molecule has 40 heavy (non-hydrogen) atoms. The van der Waals surface area contributed by atoms with Crippen molar-refractivity contribution in [2.24, 2.45) is 0 Å². The molecule has 0 N–H and O–H groups in total. The van der Waals surface area contributed by atoms with Crippen LogP contribution in [0.25, 0.3) is 16.9 Å². The van der Waals surface area contributed by atoms with Crippen LogP contribution in [-0.4, -0.2) is 92.6 Å². The van der Waals surface area contributed by atoms with E-state index in [0.29, 0.717) is 42.3 Å². The molecule has 4 aliphatic rings. The van der Waals surface area contributed by atoms with Crippen LogP contribution in [0.15, 0.2) is 47.4 Å². The Bertz CT molecular complexity index is 1570. The lowest BCUT2D eigenvalue weighted by Gasteiger charge is -2.33. The fraction of sp³-hybridized carbons (Fsp3) is 0.448. The highest BCUT2D eigenvalue weighted by Crippen LogP contribution is 2.46. The zero-order valence-electron chi connectivity index (χ0n) is 22.5. The Morgan fingerprint density at radius 3 is 2.55 bits per heavy atom. The third kappa shape index (κ3) is 4.41. The summed E-state index contributed by atoms with van der Waals surface area (Å²) in [6.45, 7) is 5.50. The van der Waals surface area contributed by atoms with Gasteiger partial charge >= 0.3 is 0 Å². The highest BCUT2D eigenvalue weighted by atomic mass is 32.2. The van der Waals surface area contributed by atoms with Crippen molar-refractivity contribution in [1.82, 2.24) is 19.6 Å². The van der Waals surface area contributed by atoms with Crippen molar-refractivity contribution in [2.45, 2.75) is 35.6 Å². The quantitative estimate of drug-likeness (QED) is 0.466. The number of benzene rings is 2. The number of nitrogens with zero attached hydrogens (tertiary/aromatic N) is 4. The number of ether oxygens (including phenoxy) is 3. The molecule has 3 aliphatic heterocycles. The summed E-state index contributed by atoms with van der Waals surface area (Å²) >= 11 is 0. The van der Waals surface area contributed by atoms with Gasteiger partial charge < -0.3 is 19.1 Å². The van der Waals surface area contributed by atoms with Gasteiger partial charge in [-0.05, 0) is 42.7 Å².